The summed E-state index contributed by atoms with van der Waals surface area (Å²) in [5, 5.41) is 12.6. The van der Waals surface area contributed by atoms with E-state index in [2.05, 4.69) is 72.4 Å². The van der Waals surface area contributed by atoms with Crippen LogP contribution in [-0.2, 0) is 6.42 Å². The molecule has 0 radical (unpaired) electrons. The predicted molar refractivity (Wildman–Crippen MR) is 90.7 cm³/mol. The number of fused-ring (bicyclic) bond motifs is 1. The maximum absolute atomic E-state index is 4.38. The molecule has 0 saturated heterocycles. The Labute approximate surface area is 137 Å². The maximum atomic E-state index is 4.38. The zero-order valence-corrected chi connectivity index (χ0v) is 14.4. The Balaban J connectivity index is 1.76. The molecule has 0 bridgehead atoms. The van der Waals surface area contributed by atoms with Crippen LogP contribution >= 0.6 is 0 Å². The van der Waals surface area contributed by atoms with Crippen LogP contribution in [-0.4, -0.2) is 26.8 Å². The second-order valence-electron chi connectivity index (χ2n) is 8.21. The van der Waals surface area contributed by atoms with E-state index in [-0.39, 0.29) is 5.41 Å². The van der Waals surface area contributed by atoms with Crippen LogP contribution in [0.1, 0.15) is 45.7 Å². The highest BCUT2D eigenvalue weighted by Gasteiger charge is 2.40. The Morgan fingerprint density at radius 2 is 1.91 bits per heavy atom. The molecule has 1 aromatic carbocycles. The number of hydrogen-bond donors (Lipinski definition) is 0. The van der Waals surface area contributed by atoms with Gasteiger partial charge >= 0.3 is 0 Å². The average Bonchev–Trinajstić information content (AvgIpc) is 3.05. The molecule has 2 aliphatic rings. The van der Waals surface area contributed by atoms with Gasteiger partial charge in [0.05, 0.1) is 6.04 Å². The number of nitrogens with zero attached hydrogens (tertiary/aromatic N) is 5. The fraction of sp³-hybridized carbons (Fsp3) is 0.611. The summed E-state index contributed by atoms with van der Waals surface area (Å²) in [6.45, 7) is 10.2. The SMILES string of the molecule is CC1CC1n1nnnc1N1CC(C(C)(C)C)Cc2ccccc21. The van der Waals surface area contributed by atoms with E-state index in [4.69, 9.17) is 0 Å². The summed E-state index contributed by atoms with van der Waals surface area (Å²) in [6.07, 6.45) is 2.30. The van der Waals surface area contributed by atoms with Crippen molar-refractivity contribution in [3.05, 3.63) is 29.8 Å². The monoisotopic (exact) mass is 311 g/mol. The highest BCUT2D eigenvalue weighted by molar-refractivity contribution is 5.63. The Kier molecular flexibility index (Phi) is 3.22. The highest BCUT2D eigenvalue weighted by atomic mass is 15.6. The predicted octanol–water partition coefficient (Wildman–Crippen LogP) is 3.61. The molecule has 1 aliphatic heterocycles. The molecule has 2 heterocycles. The largest absolute Gasteiger partial charge is 0.309 e. The normalized spacial score (nSPS) is 27.0. The van der Waals surface area contributed by atoms with Crippen LogP contribution in [0.15, 0.2) is 24.3 Å². The van der Waals surface area contributed by atoms with E-state index in [1.165, 1.54) is 17.7 Å². The molecule has 122 valence electrons. The van der Waals surface area contributed by atoms with Crippen molar-refractivity contribution in [1.82, 2.24) is 20.2 Å². The van der Waals surface area contributed by atoms with Crippen LogP contribution in [0.2, 0.25) is 0 Å². The van der Waals surface area contributed by atoms with E-state index in [0.717, 1.165) is 18.9 Å². The Bertz CT molecular complexity index is 714. The maximum Gasteiger partial charge on any atom is 0.250 e. The number of hydrogen-bond acceptors (Lipinski definition) is 4. The van der Waals surface area contributed by atoms with Crippen molar-refractivity contribution in [3.63, 3.8) is 0 Å². The fourth-order valence-corrected chi connectivity index (χ4v) is 3.59. The van der Waals surface area contributed by atoms with Gasteiger partial charge in [0.2, 0.25) is 5.95 Å². The highest BCUT2D eigenvalue weighted by Crippen LogP contribution is 2.46. The number of tetrazole rings is 1. The Morgan fingerprint density at radius 1 is 1.17 bits per heavy atom. The van der Waals surface area contributed by atoms with Crippen LogP contribution in [0.4, 0.5) is 11.6 Å². The van der Waals surface area contributed by atoms with Gasteiger partial charge in [0, 0.05) is 12.2 Å². The summed E-state index contributed by atoms with van der Waals surface area (Å²) in [5.74, 6) is 2.16. The van der Waals surface area contributed by atoms with Gasteiger partial charge in [-0.15, -0.1) is 0 Å². The third-order valence-corrected chi connectivity index (χ3v) is 5.47. The zero-order valence-electron chi connectivity index (χ0n) is 14.4. The van der Waals surface area contributed by atoms with Crippen molar-refractivity contribution >= 4 is 11.6 Å². The molecule has 1 saturated carbocycles. The molecule has 0 spiro atoms. The number of aromatic nitrogens is 4. The molecule has 3 unspecified atom stereocenters. The molecular formula is C18H25N5. The number of anilines is 2. The van der Waals surface area contributed by atoms with Crippen molar-refractivity contribution < 1.29 is 0 Å². The minimum atomic E-state index is 0.261. The number of rotatable bonds is 2. The van der Waals surface area contributed by atoms with Crippen molar-refractivity contribution in [2.75, 3.05) is 11.4 Å². The van der Waals surface area contributed by atoms with Crippen LogP contribution in [0.25, 0.3) is 0 Å². The van der Waals surface area contributed by atoms with E-state index >= 15 is 0 Å². The molecule has 2 aromatic rings. The van der Waals surface area contributed by atoms with Crippen molar-refractivity contribution in [3.8, 4) is 0 Å². The number of para-hydroxylation sites is 1. The van der Waals surface area contributed by atoms with E-state index in [0.29, 0.717) is 17.9 Å². The first-order valence-corrected chi connectivity index (χ1v) is 8.58. The Morgan fingerprint density at radius 3 is 2.61 bits per heavy atom. The van der Waals surface area contributed by atoms with Crippen LogP contribution in [0.3, 0.4) is 0 Å². The fourth-order valence-electron chi connectivity index (χ4n) is 3.59. The first-order chi connectivity index (χ1) is 10.9. The first kappa shape index (κ1) is 14.7. The zero-order chi connectivity index (χ0) is 16.2. The number of benzene rings is 1. The lowest BCUT2D eigenvalue weighted by Crippen LogP contribution is -2.39. The van der Waals surface area contributed by atoms with Gasteiger partial charge in [0.15, 0.2) is 0 Å². The molecule has 5 heteroatoms. The molecule has 0 N–H and O–H groups in total. The van der Waals surface area contributed by atoms with Gasteiger partial charge in [-0.2, -0.15) is 0 Å². The summed E-state index contributed by atoms with van der Waals surface area (Å²) in [6, 6.07) is 9.14. The second kappa shape index (κ2) is 5.05. The van der Waals surface area contributed by atoms with E-state index in [1.54, 1.807) is 0 Å². The lowest BCUT2D eigenvalue weighted by atomic mass is 9.75. The first-order valence-electron chi connectivity index (χ1n) is 8.58. The molecule has 4 rings (SSSR count). The molecule has 1 aliphatic carbocycles. The van der Waals surface area contributed by atoms with Gasteiger partial charge in [0.1, 0.15) is 0 Å². The molecule has 5 nitrogen and oxygen atoms in total. The van der Waals surface area contributed by atoms with Crippen LogP contribution < -0.4 is 4.90 Å². The lowest BCUT2D eigenvalue weighted by molar-refractivity contribution is 0.238. The summed E-state index contributed by atoms with van der Waals surface area (Å²) < 4.78 is 2.03. The summed E-state index contributed by atoms with van der Waals surface area (Å²) >= 11 is 0. The van der Waals surface area contributed by atoms with Crippen molar-refractivity contribution in [2.45, 2.75) is 46.6 Å². The van der Waals surface area contributed by atoms with E-state index in [9.17, 15) is 0 Å². The lowest BCUT2D eigenvalue weighted by Gasteiger charge is -2.40. The smallest absolute Gasteiger partial charge is 0.250 e. The van der Waals surface area contributed by atoms with Crippen LogP contribution in [0, 0.1) is 17.3 Å². The van der Waals surface area contributed by atoms with Gasteiger partial charge in [-0.25, -0.2) is 4.68 Å². The molecule has 0 amide bonds. The van der Waals surface area contributed by atoms with Crippen molar-refractivity contribution in [1.29, 1.82) is 0 Å². The van der Waals surface area contributed by atoms with Gasteiger partial charge in [-0.3, -0.25) is 0 Å². The molecule has 23 heavy (non-hydrogen) atoms. The third-order valence-electron chi connectivity index (χ3n) is 5.47. The average molecular weight is 311 g/mol. The molecule has 3 atom stereocenters. The van der Waals surface area contributed by atoms with E-state index < -0.39 is 0 Å². The minimum absolute atomic E-state index is 0.261. The topological polar surface area (TPSA) is 46.8 Å². The van der Waals surface area contributed by atoms with Gasteiger partial charge in [0.25, 0.3) is 0 Å². The van der Waals surface area contributed by atoms with Crippen molar-refractivity contribution in [2.24, 2.45) is 17.3 Å². The van der Waals surface area contributed by atoms with E-state index in [1.807, 2.05) is 4.68 Å². The molecule has 1 fully saturated rings. The van der Waals surface area contributed by atoms with Gasteiger partial charge < -0.3 is 4.90 Å². The van der Waals surface area contributed by atoms with Gasteiger partial charge in [-0.05, 0) is 52.1 Å². The quantitative estimate of drug-likeness (QED) is 0.850. The summed E-state index contributed by atoms with van der Waals surface area (Å²) in [7, 11) is 0. The van der Waals surface area contributed by atoms with Gasteiger partial charge in [-0.1, -0.05) is 51.0 Å². The third kappa shape index (κ3) is 2.52. The minimum Gasteiger partial charge on any atom is -0.309 e. The van der Waals surface area contributed by atoms with Crippen LogP contribution in [0.5, 0.6) is 0 Å². The second-order valence-corrected chi connectivity index (χ2v) is 8.21. The molecular weight excluding hydrogens is 286 g/mol. The molecule has 1 aromatic heterocycles. The summed E-state index contributed by atoms with van der Waals surface area (Å²) in [4.78, 5) is 2.33. The standard InChI is InChI=1S/C18H25N5/c1-12-9-16(12)23-17(19-20-21-23)22-11-14(18(2,3)4)10-13-7-5-6-8-15(13)22/h5-8,12,14,16H,9-11H2,1-4H3. The summed E-state index contributed by atoms with van der Waals surface area (Å²) in [5.41, 5.74) is 2.92. The Hall–Kier alpha value is -1.91.